The van der Waals surface area contributed by atoms with Crippen LogP contribution in [0.5, 0.6) is 0 Å². The first-order valence-corrected chi connectivity index (χ1v) is 6.16. The molecule has 1 aliphatic heterocycles. The maximum atomic E-state index is 10.5. The Morgan fingerprint density at radius 2 is 1.81 bits per heavy atom. The average Bonchev–Trinajstić information content (AvgIpc) is 2.15. The Bertz CT molecular complexity index is 228. The molecule has 0 aromatic rings. The molecule has 0 aromatic carbocycles. The molecule has 0 bridgehead atoms. The van der Waals surface area contributed by atoms with Gasteiger partial charge in [0.05, 0.1) is 0 Å². The van der Waals surface area contributed by atoms with Crippen molar-refractivity contribution >= 4 is 5.97 Å². The number of likely N-dealkylation sites (tertiary alicyclic amines) is 1. The van der Waals surface area contributed by atoms with Crippen LogP contribution in [-0.2, 0) is 4.79 Å². The number of carboxylic acids is 1. The van der Waals surface area contributed by atoms with E-state index in [0.717, 1.165) is 13.1 Å². The zero-order chi connectivity index (χ0) is 12.2. The molecule has 1 fully saturated rings. The predicted molar refractivity (Wildman–Crippen MR) is 62.3 cm³/mol. The van der Waals surface area contributed by atoms with E-state index in [0.29, 0.717) is 5.41 Å². The van der Waals surface area contributed by atoms with Crippen molar-refractivity contribution in [1.82, 2.24) is 4.90 Å². The fraction of sp³-hybridized carbons (Fsp3) is 0.917. The molecule has 4 heteroatoms. The molecule has 0 saturated carbocycles. The molecule has 1 unspecified atom stereocenters. The number of nitrogens with zero attached hydrogens (tertiary/aromatic N) is 1. The molecule has 0 radical (unpaired) electrons. The third-order valence-corrected chi connectivity index (χ3v) is 3.39. The fourth-order valence-electron chi connectivity index (χ4n) is 2.86. The maximum absolute atomic E-state index is 10.5. The summed E-state index contributed by atoms with van der Waals surface area (Å²) in [5.41, 5.74) is 0.391. The molecule has 1 rings (SSSR count). The van der Waals surface area contributed by atoms with E-state index in [1.54, 1.807) is 0 Å². The summed E-state index contributed by atoms with van der Waals surface area (Å²) < 4.78 is 0. The minimum atomic E-state index is -1.23. The Hall–Kier alpha value is -0.610. The summed E-state index contributed by atoms with van der Waals surface area (Å²) in [5, 5.41) is 17.9. The van der Waals surface area contributed by atoms with Crippen LogP contribution in [0.2, 0.25) is 0 Å². The van der Waals surface area contributed by atoms with Gasteiger partial charge in [-0.25, -0.2) is 4.79 Å². The van der Waals surface area contributed by atoms with Gasteiger partial charge in [-0.15, -0.1) is 0 Å². The maximum Gasteiger partial charge on any atom is 0.333 e. The minimum Gasteiger partial charge on any atom is -0.479 e. The van der Waals surface area contributed by atoms with Gasteiger partial charge in [-0.05, 0) is 18.3 Å². The van der Waals surface area contributed by atoms with Crippen molar-refractivity contribution in [2.45, 2.75) is 45.6 Å². The Labute approximate surface area is 97.3 Å². The largest absolute Gasteiger partial charge is 0.479 e. The lowest BCUT2D eigenvalue weighted by molar-refractivity contribution is -0.150. The van der Waals surface area contributed by atoms with Crippen LogP contribution in [0.15, 0.2) is 0 Å². The van der Waals surface area contributed by atoms with Gasteiger partial charge in [0.2, 0.25) is 0 Å². The highest BCUT2D eigenvalue weighted by molar-refractivity contribution is 5.72. The van der Waals surface area contributed by atoms with Gasteiger partial charge in [0.1, 0.15) is 0 Å². The third kappa shape index (κ3) is 3.19. The van der Waals surface area contributed by atoms with Crippen LogP contribution in [0.25, 0.3) is 0 Å². The SMILES string of the molecule is CCCC1(CCC)CN(CC(O)C(=O)O)C1. The Balaban J connectivity index is 2.35. The molecule has 94 valence electrons. The van der Waals surface area contributed by atoms with Gasteiger partial charge in [-0.3, -0.25) is 4.90 Å². The minimum absolute atomic E-state index is 0.268. The summed E-state index contributed by atoms with van der Waals surface area (Å²) in [6, 6.07) is 0. The van der Waals surface area contributed by atoms with E-state index >= 15 is 0 Å². The molecule has 4 nitrogen and oxygen atoms in total. The van der Waals surface area contributed by atoms with Crippen molar-refractivity contribution in [3.8, 4) is 0 Å². The summed E-state index contributed by atoms with van der Waals surface area (Å²) in [6.07, 6.45) is 3.53. The molecule has 0 spiro atoms. The molecule has 0 amide bonds. The number of aliphatic hydroxyl groups is 1. The van der Waals surface area contributed by atoms with Gasteiger partial charge in [-0.1, -0.05) is 26.7 Å². The smallest absolute Gasteiger partial charge is 0.333 e. The quantitative estimate of drug-likeness (QED) is 0.691. The van der Waals surface area contributed by atoms with Gasteiger partial charge in [0.25, 0.3) is 0 Å². The van der Waals surface area contributed by atoms with Crippen LogP contribution in [0.1, 0.15) is 39.5 Å². The highest BCUT2D eigenvalue weighted by Gasteiger charge is 2.41. The number of β-amino-alcohol motifs (C(OH)–C–C–N with tert-alkyl or cyclic N) is 1. The van der Waals surface area contributed by atoms with Gasteiger partial charge in [-0.2, -0.15) is 0 Å². The normalized spacial score (nSPS) is 21.4. The fourth-order valence-corrected chi connectivity index (χ4v) is 2.86. The highest BCUT2D eigenvalue weighted by atomic mass is 16.4. The molecular weight excluding hydrogens is 206 g/mol. The van der Waals surface area contributed by atoms with E-state index in [-0.39, 0.29) is 6.54 Å². The number of hydrogen-bond donors (Lipinski definition) is 2. The molecule has 1 aliphatic rings. The van der Waals surface area contributed by atoms with E-state index in [1.165, 1.54) is 25.7 Å². The van der Waals surface area contributed by atoms with Crippen LogP contribution in [0.4, 0.5) is 0 Å². The van der Waals surface area contributed by atoms with Gasteiger partial charge in [0, 0.05) is 19.6 Å². The monoisotopic (exact) mass is 229 g/mol. The van der Waals surface area contributed by atoms with Gasteiger partial charge in [0.15, 0.2) is 6.10 Å². The highest BCUT2D eigenvalue weighted by Crippen LogP contribution is 2.39. The first-order valence-electron chi connectivity index (χ1n) is 6.16. The lowest BCUT2D eigenvalue weighted by Gasteiger charge is -2.51. The van der Waals surface area contributed by atoms with Crippen molar-refractivity contribution < 1.29 is 15.0 Å². The molecule has 1 saturated heterocycles. The van der Waals surface area contributed by atoms with Crippen molar-refractivity contribution in [2.24, 2.45) is 5.41 Å². The van der Waals surface area contributed by atoms with Crippen molar-refractivity contribution in [1.29, 1.82) is 0 Å². The zero-order valence-corrected chi connectivity index (χ0v) is 10.3. The first kappa shape index (κ1) is 13.5. The number of carboxylic acid groups (broad SMARTS) is 1. The number of carbonyl (C=O) groups is 1. The molecular formula is C12H23NO3. The lowest BCUT2D eigenvalue weighted by atomic mass is 9.72. The van der Waals surface area contributed by atoms with E-state index < -0.39 is 12.1 Å². The summed E-state index contributed by atoms with van der Waals surface area (Å²) in [7, 11) is 0. The average molecular weight is 229 g/mol. The second-order valence-electron chi connectivity index (χ2n) is 5.02. The molecule has 0 aromatic heterocycles. The molecule has 1 heterocycles. The standard InChI is InChI=1S/C12H23NO3/c1-3-5-12(6-4-2)8-13(9-12)7-10(14)11(15)16/h10,14H,3-9H2,1-2H3,(H,15,16). The number of aliphatic hydroxyl groups excluding tert-OH is 1. The van der Waals surface area contributed by atoms with Crippen LogP contribution in [-0.4, -0.2) is 46.8 Å². The van der Waals surface area contributed by atoms with Crippen LogP contribution < -0.4 is 0 Å². The topological polar surface area (TPSA) is 60.8 Å². The lowest BCUT2D eigenvalue weighted by Crippen LogP contribution is -2.58. The van der Waals surface area contributed by atoms with Crippen LogP contribution >= 0.6 is 0 Å². The molecule has 0 aliphatic carbocycles. The van der Waals surface area contributed by atoms with Crippen LogP contribution in [0, 0.1) is 5.41 Å². The van der Waals surface area contributed by atoms with Crippen LogP contribution in [0.3, 0.4) is 0 Å². The number of hydrogen-bond acceptors (Lipinski definition) is 3. The van der Waals surface area contributed by atoms with E-state index in [1.807, 2.05) is 4.90 Å². The van der Waals surface area contributed by atoms with Gasteiger partial charge >= 0.3 is 5.97 Å². The third-order valence-electron chi connectivity index (χ3n) is 3.39. The first-order chi connectivity index (χ1) is 7.53. The molecule has 1 atom stereocenters. The van der Waals surface area contributed by atoms with Crippen molar-refractivity contribution in [2.75, 3.05) is 19.6 Å². The zero-order valence-electron chi connectivity index (χ0n) is 10.3. The Morgan fingerprint density at radius 1 is 1.31 bits per heavy atom. The van der Waals surface area contributed by atoms with E-state index in [2.05, 4.69) is 13.8 Å². The Kier molecular flexibility index (Phi) is 4.74. The van der Waals surface area contributed by atoms with Gasteiger partial charge < -0.3 is 10.2 Å². The Morgan fingerprint density at radius 3 is 2.19 bits per heavy atom. The summed E-state index contributed by atoms with van der Waals surface area (Å²) in [6.45, 7) is 6.53. The van der Waals surface area contributed by atoms with E-state index in [9.17, 15) is 9.90 Å². The second-order valence-corrected chi connectivity index (χ2v) is 5.02. The van der Waals surface area contributed by atoms with Crippen molar-refractivity contribution in [3.63, 3.8) is 0 Å². The molecule has 16 heavy (non-hydrogen) atoms. The predicted octanol–water partition coefficient (Wildman–Crippen LogP) is 1.33. The summed E-state index contributed by atoms with van der Waals surface area (Å²) >= 11 is 0. The molecule has 2 N–H and O–H groups in total. The second kappa shape index (κ2) is 5.64. The summed E-state index contributed by atoms with van der Waals surface area (Å²) in [4.78, 5) is 12.6. The summed E-state index contributed by atoms with van der Waals surface area (Å²) in [5.74, 6) is -1.12. The number of aliphatic carboxylic acids is 1. The van der Waals surface area contributed by atoms with E-state index in [4.69, 9.17) is 5.11 Å². The number of rotatable bonds is 7. The van der Waals surface area contributed by atoms with Crippen molar-refractivity contribution in [3.05, 3.63) is 0 Å².